The van der Waals surface area contributed by atoms with E-state index in [1.54, 1.807) is 19.9 Å². The van der Waals surface area contributed by atoms with Crippen molar-refractivity contribution in [2.75, 3.05) is 6.61 Å². The predicted octanol–water partition coefficient (Wildman–Crippen LogP) is 3.24. The molecule has 0 aromatic heterocycles. The van der Waals surface area contributed by atoms with Crippen LogP contribution < -0.4 is 0 Å². The van der Waals surface area contributed by atoms with E-state index >= 15 is 0 Å². The summed E-state index contributed by atoms with van der Waals surface area (Å²) in [6.07, 6.45) is 0. The van der Waals surface area contributed by atoms with Gasteiger partial charge in [-0.25, -0.2) is 4.79 Å². The van der Waals surface area contributed by atoms with Gasteiger partial charge in [0.1, 0.15) is 11.3 Å². The molecule has 0 saturated carbocycles. The molecule has 1 aromatic rings. The lowest BCUT2D eigenvalue weighted by molar-refractivity contribution is 0.0522. The Balaban J connectivity index is 3.32. The van der Waals surface area contributed by atoms with Crippen LogP contribution in [0.5, 0.6) is 5.75 Å². The molecule has 1 rings (SSSR count). The van der Waals surface area contributed by atoms with E-state index in [9.17, 15) is 9.90 Å². The number of aromatic hydroxyl groups is 1. The van der Waals surface area contributed by atoms with E-state index in [0.29, 0.717) is 15.7 Å². The Morgan fingerprint density at radius 3 is 2.80 bits per heavy atom. The number of hydrogen-bond acceptors (Lipinski definition) is 3. The molecule has 0 saturated heterocycles. The molecule has 3 nitrogen and oxygen atoms in total. The maximum Gasteiger partial charge on any atom is 0.342 e. The molecule has 0 radical (unpaired) electrons. The molecule has 15 heavy (non-hydrogen) atoms. The van der Waals surface area contributed by atoms with E-state index in [4.69, 9.17) is 4.74 Å². The lowest BCUT2D eigenvalue weighted by Crippen LogP contribution is -2.08. The molecule has 0 aliphatic heterocycles. The first-order chi connectivity index (χ1) is 6.99. The molecule has 0 amide bonds. The van der Waals surface area contributed by atoms with Crippen molar-refractivity contribution in [2.24, 2.45) is 0 Å². The van der Waals surface area contributed by atoms with Crippen molar-refractivity contribution in [3.63, 3.8) is 0 Å². The van der Waals surface area contributed by atoms with Gasteiger partial charge in [0.05, 0.1) is 10.2 Å². The number of benzene rings is 1. The van der Waals surface area contributed by atoms with Gasteiger partial charge in [-0.05, 0) is 48.1 Å². The average molecular weight is 385 g/mol. The lowest BCUT2D eigenvalue weighted by Gasteiger charge is -2.10. The molecular weight excluding hydrogens is 375 g/mol. The highest BCUT2D eigenvalue weighted by atomic mass is 127. The minimum absolute atomic E-state index is 0.0187. The summed E-state index contributed by atoms with van der Waals surface area (Å²) >= 11 is 5.29. The number of hydrogen-bond donors (Lipinski definition) is 1. The molecule has 0 aliphatic carbocycles. The Morgan fingerprint density at radius 2 is 2.27 bits per heavy atom. The number of esters is 1. The standard InChI is InChI=1S/C10H10BrIO3/c1-3-15-10(14)8-5(2)6(11)4-7(12)9(8)13/h4,13H,3H2,1-2H3. The highest BCUT2D eigenvalue weighted by Gasteiger charge is 2.19. The maximum atomic E-state index is 11.6. The van der Waals surface area contributed by atoms with Crippen molar-refractivity contribution in [3.05, 3.63) is 25.2 Å². The van der Waals surface area contributed by atoms with Crippen LogP contribution in [0.3, 0.4) is 0 Å². The molecule has 0 aliphatic rings. The van der Waals surface area contributed by atoms with Crippen LogP contribution in [-0.4, -0.2) is 17.7 Å². The summed E-state index contributed by atoms with van der Waals surface area (Å²) in [5.41, 5.74) is 0.919. The van der Waals surface area contributed by atoms with E-state index in [-0.39, 0.29) is 11.3 Å². The normalized spacial score (nSPS) is 10.1. The van der Waals surface area contributed by atoms with Gasteiger partial charge in [-0.1, -0.05) is 15.9 Å². The van der Waals surface area contributed by atoms with Gasteiger partial charge in [0.2, 0.25) is 0 Å². The van der Waals surface area contributed by atoms with Gasteiger partial charge < -0.3 is 9.84 Å². The lowest BCUT2D eigenvalue weighted by atomic mass is 10.1. The number of phenols is 1. The third-order valence-electron chi connectivity index (χ3n) is 1.93. The molecule has 0 heterocycles. The van der Waals surface area contributed by atoms with Gasteiger partial charge in [-0.15, -0.1) is 0 Å². The second-order valence-electron chi connectivity index (χ2n) is 2.91. The molecular formula is C10H10BrIO3. The highest BCUT2D eigenvalue weighted by Crippen LogP contribution is 2.33. The summed E-state index contributed by atoms with van der Waals surface area (Å²) in [7, 11) is 0. The first-order valence-electron chi connectivity index (χ1n) is 4.33. The number of carbonyl (C=O) groups is 1. The smallest absolute Gasteiger partial charge is 0.342 e. The number of halogens is 2. The topological polar surface area (TPSA) is 46.5 Å². The quantitative estimate of drug-likeness (QED) is 0.628. The molecule has 82 valence electrons. The zero-order chi connectivity index (χ0) is 11.6. The van der Waals surface area contributed by atoms with Crippen LogP contribution >= 0.6 is 38.5 Å². The van der Waals surface area contributed by atoms with Gasteiger partial charge in [0.15, 0.2) is 0 Å². The summed E-state index contributed by atoms with van der Waals surface area (Å²) in [4.78, 5) is 11.6. The molecule has 1 N–H and O–H groups in total. The second kappa shape index (κ2) is 5.16. The van der Waals surface area contributed by atoms with Crippen molar-refractivity contribution in [2.45, 2.75) is 13.8 Å². The third kappa shape index (κ3) is 2.63. The number of carbonyl (C=O) groups excluding carboxylic acids is 1. The summed E-state index contributed by atoms with van der Waals surface area (Å²) in [6, 6.07) is 1.76. The Hall–Kier alpha value is -0.300. The van der Waals surface area contributed by atoms with Crippen molar-refractivity contribution in [1.82, 2.24) is 0 Å². The van der Waals surface area contributed by atoms with Gasteiger partial charge >= 0.3 is 5.97 Å². The number of rotatable bonds is 2. The molecule has 0 spiro atoms. The number of phenolic OH excluding ortho intramolecular Hbond substituents is 1. The van der Waals surface area contributed by atoms with E-state index in [1.807, 2.05) is 22.6 Å². The monoisotopic (exact) mass is 384 g/mol. The van der Waals surface area contributed by atoms with E-state index < -0.39 is 5.97 Å². The molecule has 1 aromatic carbocycles. The van der Waals surface area contributed by atoms with Crippen LogP contribution in [0, 0.1) is 10.5 Å². The second-order valence-corrected chi connectivity index (χ2v) is 4.93. The van der Waals surface area contributed by atoms with Crippen molar-refractivity contribution < 1.29 is 14.6 Å². The van der Waals surface area contributed by atoms with E-state index in [1.165, 1.54) is 0 Å². The first kappa shape index (κ1) is 12.8. The Kier molecular flexibility index (Phi) is 4.39. The largest absolute Gasteiger partial charge is 0.506 e. The molecule has 0 bridgehead atoms. The Labute approximate surface area is 110 Å². The van der Waals surface area contributed by atoms with Gasteiger partial charge in [0, 0.05) is 4.47 Å². The Morgan fingerprint density at radius 1 is 1.67 bits per heavy atom. The van der Waals surface area contributed by atoms with Crippen LogP contribution in [0.25, 0.3) is 0 Å². The zero-order valence-electron chi connectivity index (χ0n) is 8.30. The van der Waals surface area contributed by atoms with Crippen molar-refractivity contribution in [3.8, 4) is 5.75 Å². The van der Waals surface area contributed by atoms with Crippen LogP contribution in [0.15, 0.2) is 10.5 Å². The van der Waals surface area contributed by atoms with E-state index in [0.717, 1.165) is 4.47 Å². The van der Waals surface area contributed by atoms with E-state index in [2.05, 4.69) is 15.9 Å². The summed E-state index contributed by atoms with van der Waals surface area (Å²) < 4.78 is 6.28. The van der Waals surface area contributed by atoms with Gasteiger partial charge in [-0.2, -0.15) is 0 Å². The fourth-order valence-electron chi connectivity index (χ4n) is 1.16. The summed E-state index contributed by atoms with van der Waals surface area (Å²) in [6.45, 7) is 3.78. The predicted molar refractivity (Wildman–Crippen MR) is 69.2 cm³/mol. The molecule has 5 heteroatoms. The minimum atomic E-state index is -0.494. The summed E-state index contributed by atoms with van der Waals surface area (Å²) in [5, 5.41) is 9.77. The van der Waals surface area contributed by atoms with Crippen LogP contribution in [0.2, 0.25) is 0 Å². The molecule has 0 fully saturated rings. The van der Waals surface area contributed by atoms with Crippen LogP contribution in [0.4, 0.5) is 0 Å². The van der Waals surface area contributed by atoms with Gasteiger partial charge in [-0.3, -0.25) is 0 Å². The summed E-state index contributed by atoms with van der Waals surface area (Å²) in [5.74, 6) is -0.513. The molecule has 0 atom stereocenters. The third-order valence-corrected chi connectivity index (χ3v) is 3.58. The average Bonchev–Trinajstić information content (AvgIpc) is 2.16. The zero-order valence-corrected chi connectivity index (χ0v) is 12.0. The highest BCUT2D eigenvalue weighted by molar-refractivity contribution is 14.1. The fraction of sp³-hybridized carbons (Fsp3) is 0.300. The SMILES string of the molecule is CCOC(=O)c1c(C)c(Br)cc(I)c1O. The van der Waals surface area contributed by atoms with Crippen LogP contribution in [-0.2, 0) is 4.74 Å². The van der Waals surface area contributed by atoms with Crippen molar-refractivity contribution in [1.29, 1.82) is 0 Å². The van der Waals surface area contributed by atoms with Gasteiger partial charge in [0.25, 0.3) is 0 Å². The molecule has 0 unspecified atom stereocenters. The minimum Gasteiger partial charge on any atom is -0.506 e. The van der Waals surface area contributed by atoms with Crippen LogP contribution in [0.1, 0.15) is 22.8 Å². The Bertz CT molecular complexity index is 378. The first-order valence-corrected chi connectivity index (χ1v) is 6.20. The fourth-order valence-corrected chi connectivity index (χ4v) is 2.59. The number of ether oxygens (including phenoxy) is 1. The van der Waals surface area contributed by atoms with Crippen molar-refractivity contribution >= 4 is 44.5 Å². The maximum absolute atomic E-state index is 11.6.